The minimum absolute atomic E-state index is 0.00448. The zero-order chi connectivity index (χ0) is 16.1. The summed E-state index contributed by atoms with van der Waals surface area (Å²) in [7, 11) is 0. The maximum atomic E-state index is 11.0. The van der Waals surface area contributed by atoms with Crippen LogP contribution in [0.1, 0.15) is 26.0 Å². The van der Waals surface area contributed by atoms with E-state index in [2.05, 4.69) is 20.9 Å². The number of aromatic nitrogens is 1. The first-order chi connectivity index (χ1) is 10.5. The first-order valence-electron chi connectivity index (χ1n) is 7.15. The van der Waals surface area contributed by atoms with Crippen molar-refractivity contribution < 1.29 is 14.3 Å². The van der Waals surface area contributed by atoms with E-state index in [4.69, 9.17) is 9.52 Å². The second kappa shape index (κ2) is 7.56. The zero-order valence-electron chi connectivity index (χ0n) is 12.6. The molecule has 1 atom stereocenters. The van der Waals surface area contributed by atoms with Gasteiger partial charge in [0.15, 0.2) is 0 Å². The molecule has 0 saturated heterocycles. The van der Waals surface area contributed by atoms with Crippen molar-refractivity contribution in [3.63, 3.8) is 0 Å². The van der Waals surface area contributed by atoms with Gasteiger partial charge in [-0.15, -0.1) is 0 Å². The van der Waals surface area contributed by atoms with Gasteiger partial charge in [0, 0.05) is 22.6 Å². The normalized spacial score (nSPS) is 12.5. The van der Waals surface area contributed by atoms with E-state index in [1.165, 1.54) is 0 Å². The van der Waals surface area contributed by atoms with Gasteiger partial charge in [-0.1, -0.05) is 22.9 Å². The standard InChI is InChI=1S/C16H19BrN2O3/c1-3-11(2)19(9-15(20)21)8-14-10-22-16(18-14)12-4-6-13(17)7-5-12/h4-7,10-11H,3,8-9H2,1-2H3,(H,20,21). The Labute approximate surface area is 138 Å². The van der Waals surface area contributed by atoms with Crippen LogP contribution >= 0.6 is 15.9 Å². The predicted octanol–water partition coefficient (Wildman–Crippen LogP) is 3.79. The van der Waals surface area contributed by atoms with Crippen molar-refractivity contribution in [2.24, 2.45) is 0 Å². The van der Waals surface area contributed by atoms with Crippen LogP contribution in [0.3, 0.4) is 0 Å². The van der Waals surface area contributed by atoms with Crippen molar-refractivity contribution in [3.05, 3.63) is 40.7 Å². The number of carboxylic acid groups (broad SMARTS) is 1. The average Bonchev–Trinajstić information content (AvgIpc) is 2.94. The number of halogens is 1. The summed E-state index contributed by atoms with van der Waals surface area (Å²) >= 11 is 3.39. The predicted molar refractivity (Wildman–Crippen MR) is 87.4 cm³/mol. The summed E-state index contributed by atoms with van der Waals surface area (Å²) < 4.78 is 6.50. The van der Waals surface area contributed by atoms with Crippen molar-refractivity contribution in [2.45, 2.75) is 32.9 Å². The van der Waals surface area contributed by atoms with E-state index >= 15 is 0 Å². The van der Waals surface area contributed by atoms with Gasteiger partial charge in [-0.3, -0.25) is 9.69 Å². The van der Waals surface area contributed by atoms with Gasteiger partial charge in [-0.2, -0.15) is 0 Å². The van der Waals surface area contributed by atoms with Gasteiger partial charge in [0.05, 0.1) is 12.2 Å². The summed E-state index contributed by atoms with van der Waals surface area (Å²) in [6.45, 7) is 4.51. The molecule has 0 bridgehead atoms. The Morgan fingerprint density at radius 2 is 2.09 bits per heavy atom. The molecule has 5 nitrogen and oxygen atoms in total. The molecule has 0 saturated carbocycles. The smallest absolute Gasteiger partial charge is 0.317 e. The number of hydrogen-bond acceptors (Lipinski definition) is 4. The van der Waals surface area contributed by atoms with Crippen LogP contribution < -0.4 is 0 Å². The Morgan fingerprint density at radius 3 is 2.68 bits per heavy atom. The molecule has 22 heavy (non-hydrogen) atoms. The third-order valence-electron chi connectivity index (χ3n) is 3.56. The van der Waals surface area contributed by atoms with E-state index in [1.54, 1.807) is 6.26 Å². The maximum Gasteiger partial charge on any atom is 0.317 e. The fraction of sp³-hybridized carbons (Fsp3) is 0.375. The third kappa shape index (κ3) is 4.42. The molecule has 0 fully saturated rings. The van der Waals surface area contributed by atoms with Gasteiger partial charge in [-0.05, 0) is 37.6 Å². The quantitative estimate of drug-likeness (QED) is 0.807. The van der Waals surface area contributed by atoms with Crippen LogP contribution in [0.2, 0.25) is 0 Å². The van der Waals surface area contributed by atoms with E-state index in [9.17, 15) is 4.79 Å². The largest absolute Gasteiger partial charge is 0.480 e. The molecule has 1 heterocycles. The molecule has 2 aromatic rings. The van der Waals surface area contributed by atoms with Gasteiger partial charge in [0.1, 0.15) is 6.26 Å². The molecule has 118 valence electrons. The SMILES string of the molecule is CCC(C)N(CC(=O)O)Cc1coc(-c2ccc(Br)cc2)n1. The number of benzene rings is 1. The van der Waals surface area contributed by atoms with Crippen molar-refractivity contribution >= 4 is 21.9 Å². The molecule has 0 radical (unpaired) electrons. The Bertz CT molecular complexity index is 625. The molecule has 0 aliphatic heterocycles. The van der Waals surface area contributed by atoms with Crippen LogP contribution in [0.4, 0.5) is 0 Å². The Hall–Kier alpha value is -1.66. The number of nitrogens with zero attached hydrogens (tertiary/aromatic N) is 2. The van der Waals surface area contributed by atoms with Crippen LogP contribution in [0.5, 0.6) is 0 Å². The molecular weight excluding hydrogens is 348 g/mol. The average molecular weight is 367 g/mol. The zero-order valence-corrected chi connectivity index (χ0v) is 14.2. The summed E-state index contributed by atoms with van der Waals surface area (Å²) in [6, 6.07) is 7.86. The lowest BCUT2D eigenvalue weighted by Gasteiger charge is -2.25. The summed E-state index contributed by atoms with van der Waals surface area (Å²) in [4.78, 5) is 17.3. The van der Waals surface area contributed by atoms with E-state index in [-0.39, 0.29) is 12.6 Å². The van der Waals surface area contributed by atoms with Gasteiger partial charge in [0.2, 0.25) is 5.89 Å². The molecule has 0 amide bonds. The number of hydrogen-bond donors (Lipinski definition) is 1. The second-order valence-corrected chi connectivity index (χ2v) is 6.12. The highest BCUT2D eigenvalue weighted by molar-refractivity contribution is 9.10. The molecule has 0 aliphatic rings. The molecule has 2 rings (SSSR count). The highest BCUT2D eigenvalue weighted by Crippen LogP contribution is 2.22. The summed E-state index contributed by atoms with van der Waals surface area (Å²) in [5, 5.41) is 9.03. The maximum absolute atomic E-state index is 11.0. The first kappa shape index (κ1) is 16.7. The monoisotopic (exact) mass is 366 g/mol. The minimum Gasteiger partial charge on any atom is -0.480 e. The number of aliphatic carboxylic acids is 1. The van der Waals surface area contributed by atoms with Gasteiger partial charge >= 0.3 is 5.97 Å². The Morgan fingerprint density at radius 1 is 1.41 bits per heavy atom. The molecule has 1 aromatic carbocycles. The number of rotatable bonds is 7. The lowest BCUT2D eigenvalue weighted by atomic mass is 10.2. The molecular formula is C16H19BrN2O3. The van der Waals surface area contributed by atoms with Crippen molar-refractivity contribution in [1.29, 1.82) is 0 Å². The van der Waals surface area contributed by atoms with Crippen molar-refractivity contribution in [3.8, 4) is 11.5 Å². The lowest BCUT2D eigenvalue weighted by molar-refractivity contribution is -0.139. The van der Waals surface area contributed by atoms with E-state index in [0.717, 1.165) is 22.2 Å². The molecule has 0 aliphatic carbocycles. The number of oxazole rings is 1. The van der Waals surface area contributed by atoms with E-state index in [1.807, 2.05) is 43.0 Å². The molecule has 0 spiro atoms. The molecule has 6 heteroatoms. The number of carbonyl (C=O) groups is 1. The third-order valence-corrected chi connectivity index (χ3v) is 4.09. The molecule has 1 aromatic heterocycles. The van der Waals surface area contributed by atoms with Crippen LogP contribution in [0, 0.1) is 0 Å². The fourth-order valence-electron chi connectivity index (χ4n) is 2.11. The van der Waals surface area contributed by atoms with Crippen LogP contribution in [0.15, 0.2) is 39.4 Å². The van der Waals surface area contributed by atoms with Gasteiger partial charge < -0.3 is 9.52 Å². The highest BCUT2D eigenvalue weighted by Gasteiger charge is 2.18. The number of carboxylic acids is 1. The summed E-state index contributed by atoms with van der Waals surface area (Å²) in [5.74, 6) is -0.293. The van der Waals surface area contributed by atoms with Crippen molar-refractivity contribution in [1.82, 2.24) is 9.88 Å². The topological polar surface area (TPSA) is 66.6 Å². The minimum atomic E-state index is -0.836. The Kier molecular flexibility index (Phi) is 5.74. The second-order valence-electron chi connectivity index (χ2n) is 5.21. The summed E-state index contributed by atoms with van der Waals surface area (Å²) in [6.07, 6.45) is 2.47. The van der Waals surface area contributed by atoms with Crippen molar-refractivity contribution in [2.75, 3.05) is 6.54 Å². The Balaban J connectivity index is 2.12. The van der Waals surface area contributed by atoms with Gasteiger partial charge in [0.25, 0.3) is 0 Å². The van der Waals surface area contributed by atoms with E-state index < -0.39 is 5.97 Å². The first-order valence-corrected chi connectivity index (χ1v) is 7.95. The van der Waals surface area contributed by atoms with Crippen LogP contribution in [-0.2, 0) is 11.3 Å². The fourth-order valence-corrected chi connectivity index (χ4v) is 2.38. The van der Waals surface area contributed by atoms with Crippen LogP contribution in [0.25, 0.3) is 11.5 Å². The van der Waals surface area contributed by atoms with Gasteiger partial charge in [-0.25, -0.2) is 4.98 Å². The summed E-state index contributed by atoms with van der Waals surface area (Å²) in [5.41, 5.74) is 1.63. The molecule has 1 N–H and O–H groups in total. The highest BCUT2D eigenvalue weighted by atomic mass is 79.9. The lowest BCUT2D eigenvalue weighted by Crippen LogP contribution is -2.36. The molecule has 1 unspecified atom stereocenters. The van der Waals surface area contributed by atoms with E-state index in [0.29, 0.717) is 12.4 Å². The van der Waals surface area contributed by atoms with Crippen LogP contribution in [-0.4, -0.2) is 33.5 Å².